The Kier molecular flexibility index (Phi) is 19.1. The molecule has 1 aliphatic heterocycles. The zero-order chi connectivity index (χ0) is 22.4. The van der Waals surface area contributed by atoms with Crippen molar-refractivity contribution in [2.24, 2.45) is 0 Å². The quantitative estimate of drug-likeness (QED) is 0.167. The maximum atomic E-state index is 12.0. The van der Waals surface area contributed by atoms with Crippen LogP contribution >= 0.6 is 0 Å². The topological polar surface area (TPSA) is 35.6 Å². The van der Waals surface area contributed by atoms with Gasteiger partial charge in [0, 0.05) is 32.6 Å². The Bertz CT molecular complexity index is 430. The zero-order valence-corrected chi connectivity index (χ0v) is 21.0. The second-order valence-electron chi connectivity index (χ2n) is 9.57. The summed E-state index contributed by atoms with van der Waals surface area (Å²) in [6, 6.07) is 0. The minimum atomic E-state index is 0.200. The third-order valence-electron chi connectivity index (χ3n) is 6.45. The van der Waals surface area contributed by atoms with E-state index in [1.807, 2.05) is 0 Å². The fourth-order valence-corrected chi connectivity index (χ4v) is 4.21. The lowest BCUT2D eigenvalue weighted by Crippen LogP contribution is -2.52. The third-order valence-corrected chi connectivity index (χ3v) is 6.45. The highest BCUT2D eigenvalue weighted by atomic mass is 16.2. The highest BCUT2D eigenvalue weighted by molar-refractivity contribution is 5.75. The van der Waals surface area contributed by atoms with Crippen LogP contribution in [0, 0.1) is 0 Å². The van der Waals surface area contributed by atoms with Crippen LogP contribution in [0.2, 0.25) is 0 Å². The molecule has 0 saturated carbocycles. The Morgan fingerprint density at radius 3 is 1.65 bits per heavy atom. The van der Waals surface area contributed by atoms with E-state index in [0.29, 0.717) is 6.42 Å². The molecular weight excluding hydrogens is 382 g/mol. The number of carbonyl (C=O) groups is 1. The van der Waals surface area contributed by atoms with Gasteiger partial charge in [0.1, 0.15) is 0 Å². The second-order valence-corrected chi connectivity index (χ2v) is 9.57. The molecule has 0 aromatic rings. The van der Waals surface area contributed by atoms with Crippen LogP contribution < -0.4 is 5.43 Å². The van der Waals surface area contributed by atoms with Gasteiger partial charge >= 0.3 is 0 Å². The molecule has 0 bridgehead atoms. The zero-order valence-electron chi connectivity index (χ0n) is 21.0. The Morgan fingerprint density at radius 2 is 1.13 bits per heavy atom. The van der Waals surface area contributed by atoms with Gasteiger partial charge < -0.3 is 4.90 Å². The SMILES string of the molecule is CCCCCCCC/C=C\CCCCCCCCCCCC(=O)NN1CCN(C)CC1. The van der Waals surface area contributed by atoms with Crippen LogP contribution in [0.25, 0.3) is 0 Å². The van der Waals surface area contributed by atoms with Crippen molar-refractivity contribution in [1.29, 1.82) is 0 Å². The number of piperazine rings is 1. The van der Waals surface area contributed by atoms with Crippen molar-refractivity contribution in [2.75, 3.05) is 33.2 Å². The molecule has 1 aliphatic rings. The Labute approximate surface area is 194 Å². The summed E-state index contributed by atoms with van der Waals surface area (Å²) >= 11 is 0. The van der Waals surface area contributed by atoms with E-state index in [0.717, 1.165) is 32.6 Å². The van der Waals surface area contributed by atoms with Crippen LogP contribution in [0.5, 0.6) is 0 Å². The number of nitrogens with zero attached hydrogens (tertiary/aromatic N) is 2. The summed E-state index contributed by atoms with van der Waals surface area (Å²) in [5.41, 5.74) is 3.06. The number of nitrogens with one attached hydrogen (secondary N) is 1. The van der Waals surface area contributed by atoms with Gasteiger partial charge in [0.25, 0.3) is 0 Å². The number of likely N-dealkylation sites (N-methyl/N-ethyl adjacent to an activating group) is 1. The van der Waals surface area contributed by atoms with Crippen molar-refractivity contribution in [3.63, 3.8) is 0 Å². The lowest BCUT2D eigenvalue weighted by molar-refractivity contribution is -0.126. The lowest BCUT2D eigenvalue weighted by Gasteiger charge is -2.32. The molecule has 0 radical (unpaired) electrons. The van der Waals surface area contributed by atoms with Crippen LogP contribution in [0.4, 0.5) is 0 Å². The minimum absolute atomic E-state index is 0.200. The Hall–Kier alpha value is -0.870. The normalized spacial score (nSPS) is 15.7. The fraction of sp³-hybridized carbons (Fsp3) is 0.889. The summed E-state index contributed by atoms with van der Waals surface area (Å²) in [7, 11) is 2.13. The van der Waals surface area contributed by atoms with Crippen LogP contribution in [0.1, 0.15) is 122 Å². The molecule has 0 aliphatic carbocycles. The highest BCUT2D eigenvalue weighted by Crippen LogP contribution is 2.12. The molecule has 4 heteroatoms. The number of hydrogen-bond donors (Lipinski definition) is 1. The molecule has 0 aromatic carbocycles. The summed E-state index contributed by atoms with van der Waals surface area (Å²) in [4.78, 5) is 14.3. The monoisotopic (exact) mass is 435 g/mol. The molecule has 1 saturated heterocycles. The summed E-state index contributed by atoms with van der Waals surface area (Å²) < 4.78 is 0. The molecule has 0 atom stereocenters. The third kappa shape index (κ3) is 18.4. The van der Waals surface area contributed by atoms with Crippen molar-refractivity contribution in [1.82, 2.24) is 15.3 Å². The number of allylic oxidation sites excluding steroid dienone is 2. The number of unbranched alkanes of at least 4 members (excludes halogenated alkanes) is 15. The van der Waals surface area contributed by atoms with Gasteiger partial charge in [-0.15, -0.1) is 0 Å². The van der Waals surface area contributed by atoms with Crippen LogP contribution in [0.15, 0.2) is 12.2 Å². The van der Waals surface area contributed by atoms with Crippen LogP contribution in [-0.4, -0.2) is 49.0 Å². The van der Waals surface area contributed by atoms with E-state index in [9.17, 15) is 4.79 Å². The number of rotatable bonds is 20. The summed E-state index contributed by atoms with van der Waals surface area (Å²) in [6.07, 6.45) is 28.1. The smallest absolute Gasteiger partial charge is 0.234 e. The van der Waals surface area contributed by atoms with E-state index in [-0.39, 0.29) is 5.91 Å². The molecule has 1 fully saturated rings. The molecule has 0 aromatic heterocycles. The summed E-state index contributed by atoms with van der Waals surface area (Å²) in [5, 5.41) is 2.08. The van der Waals surface area contributed by atoms with E-state index in [4.69, 9.17) is 0 Å². The van der Waals surface area contributed by atoms with Crippen molar-refractivity contribution < 1.29 is 4.79 Å². The van der Waals surface area contributed by atoms with Crippen molar-refractivity contribution in [3.8, 4) is 0 Å². The molecule has 1 rings (SSSR count). The second kappa shape index (κ2) is 21.0. The number of hydrazine groups is 1. The first-order valence-corrected chi connectivity index (χ1v) is 13.6. The molecule has 0 spiro atoms. The molecule has 1 amide bonds. The first kappa shape index (κ1) is 28.2. The van der Waals surface area contributed by atoms with Gasteiger partial charge in [0.2, 0.25) is 5.91 Å². The molecular formula is C27H53N3O. The van der Waals surface area contributed by atoms with Crippen LogP contribution in [0.3, 0.4) is 0 Å². The highest BCUT2D eigenvalue weighted by Gasteiger charge is 2.15. The van der Waals surface area contributed by atoms with Crippen molar-refractivity contribution >= 4 is 5.91 Å². The first-order valence-electron chi connectivity index (χ1n) is 13.6. The maximum Gasteiger partial charge on any atom is 0.234 e. The molecule has 1 heterocycles. The lowest BCUT2D eigenvalue weighted by atomic mass is 10.1. The van der Waals surface area contributed by atoms with E-state index in [2.05, 4.69) is 41.5 Å². The summed E-state index contributed by atoms with van der Waals surface area (Å²) in [6.45, 7) is 6.24. The largest absolute Gasteiger partial charge is 0.304 e. The molecule has 4 nitrogen and oxygen atoms in total. The van der Waals surface area contributed by atoms with Gasteiger partial charge in [-0.1, -0.05) is 96.1 Å². The number of amides is 1. The first-order chi connectivity index (χ1) is 15.2. The predicted octanol–water partition coefficient (Wildman–Crippen LogP) is 6.86. The maximum absolute atomic E-state index is 12.0. The Morgan fingerprint density at radius 1 is 0.677 bits per heavy atom. The van der Waals surface area contributed by atoms with Gasteiger partial charge in [-0.25, -0.2) is 5.01 Å². The molecule has 182 valence electrons. The van der Waals surface area contributed by atoms with Gasteiger partial charge in [0.05, 0.1) is 0 Å². The number of carbonyl (C=O) groups excluding carboxylic acids is 1. The standard InChI is InChI=1S/C27H53N3O/c1-3-4-5-6-7-8-9-10-11-12-13-14-15-16-17-18-19-20-21-22-27(31)28-30-25-23-29(2)24-26-30/h10-11H,3-9,12-26H2,1-2H3,(H,28,31)/b11-10-. The van der Waals surface area contributed by atoms with E-state index < -0.39 is 0 Å². The average molecular weight is 436 g/mol. The van der Waals surface area contributed by atoms with Crippen molar-refractivity contribution in [3.05, 3.63) is 12.2 Å². The van der Waals surface area contributed by atoms with Gasteiger partial charge in [0.15, 0.2) is 0 Å². The molecule has 31 heavy (non-hydrogen) atoms. The van der Waals surface area contributed by atoms with E-state index in [1.165, 1.54) is 103 Å². The van der Waals surface area contributed by atoms with E-state index >= 15 is 0 Å². The van der Waals surface area contributed by atoms with Crippen molar-refractivity contribution in [2.45, 2.75) is 122 Å². The fourth-order valence-electron chi connectivity index (χ4n) is 4.21. The molecule has 0 unspecified atom stereocenters. The summed E-state index contributed by atoms with van der Waals surface area (Å²) in [5.74, 6) is 0.200. The predicted molar refractivity (Wildman–Crippen MR) is 135 cm³/mol. The van der Waals surface area contributed by atoms with Gasteiger partial charge in [-0.05, 0) is 39.2 Å². The minimum Gasteiger partial charge on any atom is -0.304 e. The molecule has 1 N–H and O–H groups in total. The Balaban J connectivity index is 1.75. The van der Waals surface area contributed by atoms with Gasteiger partial charge in [-0.2, -0.15) is 0 Å². The number of hydrogen-bond acceptors (Lipinski definition) is 3. The van der Waals surface area contributed by atoms with E-state index in [1.54, 1.807) is 0 Å². The van der Waals surface area contributed by atoms with Crippen LogP contribution in [-0.2, 0) is 4.79 Å². The van der Waals surface area contributed by atoms with Gasteiger partial charge in [-0.3, -0.25) is 10.2 Å². The average Bonchev–Trinajstić information content (AvgIpc) is 2.77.